The molecule has 0 saturated carbocycles. The molecule has 2 aliphatic rings. The van der Waals surface area contributed by atoms with Gasteiger partial charge in [0.2, 0.25) is 11.8 Å². The molecule has 178 valence electrons. The van der Waals surface area contributed by atoms with Gasteiger partial charge in [-0.05, 0) is 11.1 Å². The number of β-lactam (4-membered cyclic amide) rings is 1. The van der Waals surface area contributed by atoms with Gasteiger partial charge in [-0.2, -0.15) is 0 Å². The number of esters is 1. The summed E-state index contributed by atoms with van der Waals surface area (Å²) in [5.74, 6) is -3.82. The van der Waals surface area contributed by atoms with Crippen LogP contribution < -0.4 is 10.6 Å². The molecule has 2 aliphatic heterocycles. The van der Waals surface area contributed by atoms with Gasteiger partial charge >= 0.3 is 10.8 Å². The van der Waals surface area contributed by atoms with E-state index in [-0.39, 0.29) is 19.6 Å². The Hall–Kier alpha value is -3.73. The predicted molar refractivity (Wildman–Crippen MR) is 120 cm³/mol. The SMILES string of the molecule is CS(=O)(=O)C1(C(=O)OCc2ccccc2)C(=O)NC[C@@H]2[C@H](NC(=O)Cc3ccccc3)C(=O)N21. The molecule has 0 spiro atoms. The van der Waals surface area contributed by atoms with Gasteiger partial charge < -0.3 is 15.4 Å². The second-order valence-corrected chi connectivity index (χ2v) is 10.3. The van der Waals surface area contributed by atoms with E-state index in [0.29, 0.717) is 11.8 Å². The highest BCUT2D eigenvalue weighted by Crippen LogP contribution is 2.38. The number of hydrogen-bond donors (Lipinski definition) is 2. The van der Waals surface area contributed by atoms with E-state index >= 15 is 0 Å². The Bertz CT molecular complexity index is 1230. The van der Waals surface area contributed by atoms with E-state index < -0.39 is 50.5 Å². The van der Waals surface area contributed by atoms with Crippen LogP contribution in [0.15, 0.2) is 60.7 Å². The summed E-state index contributed by atoms with van der Waals surface area (Å²) >= 11 is 0. The number of ether oxygens (including phenoxy) is 1. The average molecular weight is 486 g/mol. The topological polar surface area (TPSA) is 139 Å². The molecule has 2 heterocycles. The number of hydrogen-bond acceptors (Lipinski definition) is 7. The van der Waals surface area contributed by atoms with Crippen LogP contribution in [0.25, 0.3) is 0 Å². The highest BCUT2D eigenvalue weighted by molar-refractivity contribution is 7.93. The van der Waals surface area contributed by atoms with Crippen LogP contribution in [0.3, 0.4) is 0 Å². The van der Waals surface area contributed by atoms with Gasteiger partial charge in [-0.1, -0.05) is 60.7 Å². The molecular formula is C23H23N3O7S. The second kappa shape index (κ2) is 8.90. The van der Waals surface area contributed by atoms with Crippen molar-refractivity contribution in [2.75, 3.05) is 12.8 Å². The van der Waals surface area contributed by atoms with Crippen molar-refractivity contribution in [3.63, 3.8) is 0 Å². The molecular weight excluding hydrogens is 462 g/mol. The number of amides is 3. The summed E-state index contributed by atoms with van der Waals surface area (Å²) in [5.41, 5.74) is 1.31. The summed E-state index contributed by atoms with van der Waals surface area (Å²) in [5, 5.41) is 4.99. The lowest BCUT2D eigenvalue weighted by molar-refractivity contribution is -0.181. The lowest BCUT2D eigenvalue weighted by atomic mass is 9.88. The van der Waals surface area contributed by atoms with Crippen molar-refractivity contribution in [3.8, 4) is 0 Å². The number of fused-ring (bicyclic) bond motifs is 1. The Kier molecular flexibility index (Phi) is 6.13. The van der Waals surface area contributed by atoms with Crippen molar-refractivity contribution >= 4 is 33.5 Å². The summed E-state index contributed by atoms with van der Waals surface area (Å²) in [6, 6.07) is 15.4. The summed E-state index contributed by atoms with van der Waals surface area (Å²) in [6.07, 6.45) is 0.716. The lowest BCUT2D eigenvalue weighted by Gasteiger charge is -2.56. The first-order valence-electron chi connectivity index (χ1n) is 10.5. The molecule has 0 aromatic heterocycles. The average Bonchev–Trinajstić information content (AvgIpc) is 2.81. The first-order valence-corrected chi connectivity index (χ1v) is 12.4. The maximum atomic E-state index is 13.1. The lowest BCUT2D eigenvalue weighted by Crippen LogP contribution is -2.87. The molecule has 0 bridgehead atoms. The molecule has 2 fully saturated rings. The van der Waals surface area contributed by atoms with Gasteiger partial charge in [0.05, 0.1) is 12.5 Å². The van der Waals surface area contributed by atoms with Crippen LogP contribution >= 0.6 is 0 Å². The number of benzene rings is 2. The fourth-order valence-electron chi connectivity index (χ4n) is 4.24. The number of nitrogens with zero attached hydrogens (tertiary/aromatic N) is 1. The molecule has 3 atom stereocenters. The van der Waals surface area contributed by atoms with Gasteiger partial charge in [0, 0.05) is 12.8 Å². The van der Waals surface area contributed by atoms with Crippen LogP contribution in [0.1, 0.15) is 11.1 Å². The third kappa shape index (κ3) is 3.92. The molecule has 34 heavy (non-hydrogen) atoms. The molecule has 0 aliphatic carbocycles. The first-order chi connectivity index (χ1) is 16.2. The summed E-state index contributed by atoms with van der Waals surface area (Å²) in [7, 11) is -4.50. The molecule has 3 amide bonds. The molecule has 2 saturated heterocycles. The van der Waals surface area contributed by atoms with Crippen molar-refractivity contribution in [1.29, 1.82) is 0 Å². The van der Waals surface area contributed by atoms with Crippen molar-refractivity contribution in [2.45, 2.75) is 30.0 Å². The maximum Gasteiger partial charge on any atom is 0.358 e. The van der Waals surface area contributed by atoms with E-state index in [0.717, 1.165) is 10.5 Å². The zero-order valence-electron chi connectivity index (χ0n) is 18.3. The molecule has 4 rings (SSSR count). The quantitative estimate of drug-likeness (QED) is 0.307. The number of carbonyl (C=O) groups is 4. The zero-order chi connectivity index (χ0) is 24.5. The summed E-state index contributed by atoms with van der Waals surface area (Å²) in [4.78, 5) is 49.3. The molecule has 2 aromatic carbocycles. The van der Waals surface area contributed by atoms with E-state index in [1.807, 2.05) is 0 Å². The Labute approximate surface area is 196 Å². The highest BCUT2D eigenvalue weighted by Gasteiger charge is 2.72. The Morgan fingerprint density at radius 3 is 2.24 bits per heavy atom. The van der Waals surface area contributed by atoms with E-state index in [4.69, 9.17) is 4.74 Å². The van der Waals surface area contributed by atoms with E-state index in [9.17, 15) is 27.6 Å². The molecule has 2 aromatic rings. The fourth-order valence-corrected chi connectivity index (χ4v) is 5.60. The van der Waals surface area contributed by atoms with Crippen molar-refractivity contribution in [3.05, 3.63) is 71.8 Å². The minimum Gasteiger partial charge on any atom is -0.458 e. The predicted octanol–water partition coefficient (Wildman–Crippen LogP) is -0.461. The molecule has 2 N–H and O–H groups in total. The molecule has 10 nitrogen and oxygen atoms in total. The smallest absolute Gasteiger partial charge is 0.358 e. The summed E-state index contributed by atoms with van der Waals surface area (Å²) < 4.78 is 30.9. The van der Waals surface area contributed by atoms with Crippen LogP contribution in [-0.2, 0) is 46.8 Å². The van der Waals surface area contributed by atoms with Gasteiger partial charge in [0.15, 0.2) is 9.84 Å². The highest BCUT2D eigenvalue weighted by atomic mass is 32.2. The van der Waals surface area contributed by atoms with Crippen LogP contribution in [0.5, 0.6) is 0 Å². The molecule has 11 heteroatoms. The standard InChI is InChI=1S/C23H23N3O7S/c1-34(31,32)23(22(30)33-14-16-10-6-3-7-11-16)21(29)24-13-17-19(20(28)26(17)23)25-18(27)12-15-8-4-2-5-9-15/h2-11,17,19H,12-14H2,1H3,(H,24,29)(H,25,27)/t17-,19+,23?/m1/s1. The van der Waals surface area contributed by atoms with Crippen LogP contribution in [0, 0.1) is 0 Å². The number of nitrogens with one attached hydrogen (secondary N) is 2. The van der Waals surface area contributed by atoms with E-state index in [1.54, 1.807) is 60.7 Å². The number of sulfone groups is 1. The zero-order valence-corrected chi connectivity index (χ0v) is 19.1. The largest absolute Gasteiger partial charge is 0.458 e. The number of carbonyl (C=O) groups excluding carboxylic acids is 4. The third-order valence-electron chi connectivity index (χ3n) is 5.89. The van der Waals surface area contributed by atoms with Gasteiger partial charge in [-0.3, -0.25) is 19.3 Å². The third-order valence-corrected chi connectivity index (χ3v) is 7.51. The van der Waals surface area contributed by atoms with E-state index in [2.05, 4.69) is 10.6 Å². The maximum absolute atomic E-state index is 13.1. The Morgan fingerprint density at radius 1 is 1.06 bits per heavy atom. The van der Waals surface area contributed by atoms with E-state index in [1.165, 1.54) is 0 Å². The van der Waals surface area contributed by atoms with Gasteiger partial charge in [-0.25, -0.2) is 13.2 Å². The second-order valence-electron chi connectivity index (χ2n) is 8.17. The number of piperazine rings is 1. The first kappa shape index (κ1) is 23.4. The van der Waals surface area contributed by atoms with Crippen LogP contribution in [0.2, 0.25) is 0 Å². The van der Waals surface area contributed by atoms with Crippen LogP contribution in [-0.4, -0.2) is 66.8 Å². The van der Waals surface area contributed by atoms with Crippen molar-refractivity contribution in [1.82, 2.24) is 15.5 Å². The molecule has 0 radical (unpaired) electrons. The summed E-state index contributed by atoms with van der Waals surface area (Å²) in [6.45, 7) is -0.405. The van der Waals surface area contributed by atoms with Gasteiger partial charge in [0.25, 0.3) is 5.91 Å². The van der Waals surface area contributed by atoms with Crippen LogP contribution in [0.4, 0.5) is 0 Å². The molecule has 1 unspecified atom stereocenters. The Balaban J connectivity index is 1.56. The Morgan fingerprint density at radius 2 is 1.65 bits per heavy atom. The monoisotopic (exact) mass is 485 g/mol. The fraction of sp³-hybridized carbons (Fsp3) is 0.304. The van der Waals surface area contributed by atoms with Gasteiger partial charge in [0.1, 0.15) is 12.6 Å². The van der Waals surface area contributed by atoms with Gasteiger partial charge in [-0.15, -0.1) is 0 Å². The normalized spacial score (nSPS) is 23.9. The minimum atomic E-state index is -4.50. The van der Waals surface area contributed by atoms with Crippen molar-refractivity contribution < 1.29 is 32.3 Å². The number of rotatable bonds is 7. The minimum absolute atomic E-state index is 0.0139. The van der Waals surface area contributed by atoms with Crippen molar-refractivity contribution in [2.24, 2.45) is 0 Å².